The van der Waals surface area contributed by atoms with E-state index in [9.17, 15) is 18.0 Å². The van der Waals surface area contributed by atoms with Crippen LogP contribution in [0.1, 0.15) is 31.2 Å². The smallest absolute Gasteiger partial charge is 0.394 e. The van der Waals surface area contributed by atoms with E-state index in [0.717, 1.165) is 38.0 Å². The van der Waals surface area contributed by atoms with Crippen molar-refractivity contribution in [2.24, 2.45) is 5.92 Å². The zero-order valence-electron chi connectivity index (χ0n) is 19.1. The molecule has 9 nitrogen and oxygen atoms in total. The number of alkyl halides is 3. The van der Waals surface area contributed by atoms with E-state index in [-0.39, 0.29) is 36.6 Å². The van der Waals surface area contributed by atoms with Gasteiger partial charge >= 0.3 is 6.18 Å². The maximum atomic E-state index is 13.7. The Morgan fingerprint density at radius 1 is 1.26 bits per heavy atom. The summed E-state index contributed by atoms with van der Waals surface area (Å²) in [6, 6.07) is 6.34. The number of amides is 1. The van der Waals surface area contributed by atoms with Crippen LogP contribution in [0.5, 0.6) is 0 Å². The SMILES string of the molecule is C=CC(=O)Nc1ccccc1Nc1nc(NC2CCCC(CNOCCO)C2)ncc1C(F)(F)F. The topological polar surface area (TPSA) is 120 Å². The molecule has 1 aliphatic carbocycles. The minimum Gasteiger partial charge on any atom is -0.394 e. The van der Waals surface area contributed by atoms with Crippen LogP contribution in [0.2, 0.25) is 0 Å². The summed E-state index contributed by atoms with van der Waals surface area (Å²) in [6.45, 7) is 4.11. The molecule has 1 aliphatic rings. The van der Waals surface area contributed by atoms with E-state index in [0.29, 0.717) is 12.5 Å². The molecule has 2 atom stereocenters. The van der Waals surface area contributed by atoms with Gasteiger partial charge < -0.3 is 21.1 Å². The fourth-order valence-electron chi connectivity index (χ4n) is 3.85. The molecule has 1 heterocycles. The predicted octanol–water partition coefficient (Wildman–Crippen LogP) is 3.85. The summed E-state index contributed by atoms with van der Waals surface area (Å²) in [5.41, 5.74) is 2.33. The van der Waals surface area contributed by atoms with Gasteiger partial charge in [-0.15, -0.1) is 0 Å². The van der Waals surface area contributed by atoms with Gasteiger partial charge in [-0.1, -0.05) is 25.1 Å². The van der Waals surface area contributed by atoms with Gasteiger partial charge in [0.1, 0.15) is 11.4 Å². The molecule has 0 radical (unpaired) electrons. The fraction of sp³-hybridized carbons (Fsp3) is 0.435. The molecule has 0 bridgehead atoms. The third-order valence-electron chi connectivity index (χ3n) is 5.50. The van der Waals surface area contributed by atoms with E-state index in [2.05, 4.69) is 38.0 Å². The fourth-order valence-corrected chi connectivity index (χ4v) is 3.85. The highest BCUT2D eigenvalue weighted by Gasteiger charge is 2.36. The first kappa shape index (κ1) is 26.4. The molecular formula is C23H29F3N6O3. The first-order chi connectivity index (χ1) is 16.8. The predicted molar refractivity (Wildman–Crippen MR) is 126 cm³/mol. The molecule has 1 amide bonds. The Morgan fingerprint density at radius 3 is 2.74 bits per heavy atom. The number of aliphatic hydroxyl groups is 1. The summed E-state index contributed by atoms with van der Waals surface area (Å²) in [7, 11) is 0. The minimum absolute atomic E-state index is 0.0165. The second kappa shape index (κ2) is 12.5. The van der Waals surface area contributed by atoms with Crippen LogP contribution in [0.4, 0.5) is 36.3 Å². The van der Waals surface area contributed by atoms with Crippen molar-refractivity contribution >= 4 is 29.0 Å². The van der Waals surface area contributed by atoms with Gasteiger partial charge in [0.15, 0.2) is 0 Å². The second-order valence-electron chi connectivity index (χ2n) is 8.11. The van der Waals surface area contributed by atoms with Crippen molar-refractivity contribution in [3.63, 3.8) is 0 Å². The first-order valence-corrected chi connectivity index (χ1v) is 11.3. The van der Waals surface area contributed by atoms with Gasteiger partial charge in [0.25, 0.3) is 0 Å². The molecule has 1 aromatic carbocycles. The summed E-state index contributed by atoms with van der Waals surface area (Å²) < 4.78 is 41.0. The van der Waals surface area contributed by atoms with Crippen LogP contribution in [-0.2, 0) is 15.8 Å². The molecule has 190 valence electrons. The molecule has 35 heavy (non-hydrogen) atoms. The molecule has 2 unspecified atom stereocenters. The lowest BCUT2D eigenvalue weighted by molar-refractivity contribution is -0.137. The number of para-hydroxylation sites is 2. The molecule has 1 aromatic heterocycles. The van der Waals surface area contributed by atoms with Crippen molar-refractivity contribution in [1.29, 1.82) is 0 Å². The summed E-state index contributed by atoms with van der Waals surface area (Å²) >= 11 is 0. The number of hydroxylamine groups is 1. The number of carbonyl (C=O) groups is 1. The van der Waals surface area contributed by atoms with Crippen LogP contribution >= 0.6 is 0 Å². The number of carbonyl (C=O) groups excluding carboxylic acids is 1. The number of aromatic nitrogens is 2. The number of nitrogens with one attached hydrogen (secondary N) is 4. The molecule has 3 rings (SSSR count). The lowest BCUT2D eigenvalue weighted by Gasteiger charge is -2.30. The molecule has 1 saturated carbocycles. The van der Waals surface area contributed by atoms with Gasteiger partial charge in [0.2, 0.25) is 11.9 Å². The van der Waals surface area contributed by atoms with Crippen molar-refractivity contribution in [2.75, 3.05) is 35.7 Å². The average Bonchev–Trinajstić information content (AvgIpc) is 2.83. The Hall–Kier alpha value is -3.22. The van der Waals surface area contributed by atoms with Gasteiger partial charge in [-0.25, -0.2) is 10.5 Å². The molecule has 0 spiro atoms. The molecule has 5 N–H and O–H groups in total. The van der Waals surface area contributed by atoms with Gasteiger partial charge in [-0.2, -0.15) is 18.2 Å². The summed E-state index contributed by atoms with van der Waals surface area (Å²) in [5.74, 6) is -0.555. The van der Waals surface area contributed by atoms with Crippen LogP contribution in [0.15, 0.2) is 43.1 Å². The quantitative estimate of drug-likeness (QED) is 0.182. The third-order valence-corrected chi connectivity index (χ3v) is 5.50. The molecule has 0 aliphatic heterocycles. The van der Waals surface area contributed by atoms with E-state index < -0.39 is 23.5 Å². The average molecular weight is 495 g/mol. The lowest BCUT2D eigenvalue weighted by atomic mass is 9.86. The Balaban J connectivity index is 1.76. The lowest BCUT2D eigenvalue weighted by Crippen LogP contribution is -2.33. The zero-order chi connectivity index (χ0) is 25.3. The summed E-state index contributed by atoms with van der Waals surface area (Å²) in [5, 5.41) is 17.2. The van der Waals surface area contributed by atoms with Crippen molar-refractivity contribution < 1.29 is 27.9 Å². The number of benzene rings is 1. The zero-order valence-corrected chi connectivity index (χ0v) is 19.1. The van der Waals surface area contributed by atoms with Crippen LogP contribution in [0, 0.1) is 5.92 Å². The van der Waals surface area contributed by atoms with Gasteiger partial charge in [-0.3, -0.25) is 9.63 Å². The number of aliphatic hydroxyl groups excluding tert-OH is 1. The Morgan fingerprint density at radius 2 is 2.03 bits per heavy atom. The largest absolute Gasteiger partial charge is 0.421 e. The van der Waals surface area contributed by atoms with Gasteiger partial charge in [-0.05, 0) is 43.4 Å². The third kappa shape index (κ3) is 7.91. The highest BCUT2D eigenvalue weighted by Crippen LogP contribution is 2.36. The van der Waals surface area contributed by atoms with E-state index in [1.54, 1.807) is 18.2 Å². The maximum Gasteiger partial charge on any atom is 0.421 e. The summed E-state index contributed by atoms with van der Waals surface area (Å²) in [6.07, 6.45) is 0.643. The Kier molecular flexibility index (Phi) is 9.40. The van der Waals surface area contributed by atoms with E-state index in [1.165, 1.54) is 6.07 Å². The molecule has 12 heteroatoms. The molecule has 1 fully saturated rings. The van der Waals surface area contributed by atoms with Crippen molar-refractivity contribution in [3.8, 4) is 0 Å². The highest BCUT2D eigenvalue weighted by atomic mass is 19.4. The number of hydrogen-bond acceptors (Lipinski definition) is 8. The van der Waals surface area contributed by atoms with Crippen LogP contribution < -0.4 is 21.4 Å². The number of anilines is 4. The van der Waals surface area contributed by atoms with E-state index in [1.807, 2.05) is 0 Å². The van der Waals surface area contributed by atoms with Crippen molar-refractivity contribution in [2.45, 2.75) is 37.9 Å². The second-order valence-corrected chi connectivity index (χ2v) is 8.11. The van der Waals surface area contributed by atoms with Crippen molar-refractivity contribution in [1.82, 2.24) is 15.4 Å². The molecule has 2 aromatic rings. The van der Waals surface area contributed by atoms with Crippen molar-refractivity contribution in [3.05, 3.63) is 48.7 Å². The first-order valence-electron chi connectivity index (χ1n) is 11.3. The van der Waals surface area contributed by atoms with Crippen LogP contribution in [-0.4, -0.2) is 46.8 Å². The number of halogens is 3. The minimum atomic E-state index is -4.68. The monoisotopic (exact) mass is 494 g/mol. The van der Waals surface area contributed by atoms with Gasteiger partial charge in [0, 0.05) is 18.8 Å². The van der Waals surface area contributed by atoms with Gasteiger partial charge in [0.05, 0.1) is 24.6 Å². The van der Waals surface area contributed by atoms with E-state index >= 15 is 0 Å². The Labute approximate surface area is 201 Å². The van der Waals surface area contributed by atoms with Crippen LogP contribution in [0.25, 0.3) is 0 Å². The Bertz CT molecular complexity index is 1000. The summed E-state index contributed by atoms with van der Waals surface area (Å²) in [4.78, 5) is 24.9. The molecular weight excluding hydrogens is 465 g/mol. The normalized spacial score (nSPS) is 18.1. The number of nitrogens with zero attached hydrogens (tertiary/aromatic N) is 2. The number of hydrogen-bond donors (Lipinski definition) is 5. The van der Waals surface area contributed by atoms with E-state index in [4.69, 9.17) is 9.94 Å². The van der Waals surface area contributed by atoms with Crippen LogP contribution in [0.3, 0.4) is 0 Å². The standard InChI is InChI=1S/C23H29F3N6O3/c1-2-20(34)30-18-8-3-4-9-19(18)31-21-17(23(24,25)26)14-27-22(32-21)29-16-7-5-6-15(12-16)13-28-35-11-10-33/h2-4,8-9,14-16,28,33H,1,5-7,10-13H2,(H,30,34)(H2,27,29,31,32). The number of rotatable bonds is 11. The maximum absolute atomic E-state index is 13.7. The molecule has 0 saturated heterocycles. The highest BCUT2D eigenvalue weighted by molar-refractivity contribution is 6.01.